The highest BCUT2D eigenvalue weighted by molar-refractivity contribution is 5.91. The van der Waals surface area contributed by atoms with Crippen molar-refractivity contribution in [2.75, 3.05) is 0 Å². The maximum absolute atomic E-state index is 11.6. The summed E-state index contributed by atoms with van der Waals surface area (Å²) >= 11 is 0. The second-order valence-corrected chi connectivity index (χ2v) is 3.68. The molecule has 0 saturated carbocycles. The highest BCUT2D eigenvalue weighted by Crippen LogP contribution is 1.93. The van der Waals surface area contributed by atoms with E-state index in [0.717, 1.165) is 10.8 Å². The van der Waals surface area contributed by atoms with Gasteiger partial charge in [-0.25, -0.2) is 4.79 Å². The molecule has 3 N–H and O–H groups in total. The lowest BCUT2D eigenvalue weighted by Crippen LogP contribution is -2.40. The smallest absolute Gasteiger partial charge is 0.328 e. The molecular weight excluding hydrogens is 198 g/mol. The van der Waals surface area contributed by atoms with Gasteiger partial charge in [0.25, 0.3) is 11.5 Å². The molecule has 0 saturated heterocycles. The first-order valence-corrected chi connectivity index (χ1v) is 4.55. The molecule has 0 radical (unpaired) electrons. The van der Waals surface area contributed by atoms with Gasteiger partial charge in [-0.15, -0.1) is 0 Å². The summed E-state index contributed by atoms with van der Waals surface area (Å²) in [5.41, 5.74) is 3.62. The van der Waals surface area contributed by atoms with Crippen LogP contribution in [0, 0.1) is 5.92 Å². The molecule has 0 bridgehead atoms. The molecule has 0 unspecified atom stereocenters. The Morgan fingerprint density at radius 3 is 2.60 bits per heavy atom. The zero-order valence-electron chi connectivity index (χ0n) is 8.61. The molecule has 0 aromatic carbocycles. The number of carbonyl (C=O) groups excluding carboxylic acids is 1. The number of hydrogen-bond donors (Lipinski definition) is 2. The summed E-state index contributed by atoms with van der Waals surface area (Å²) in [6.07, 6.45) is 1.05. The van der Waals surface area contributed by atoms with Gasteiger partial charge in [0.1, 0.15) is 5.56 Å². The highest BCUT2D eigenvalue weighted by atomic mass is 16.2. The SMILES string of the molecule is CC(C)Cn1c(=O)[nH]cc(C(N)=O)c1=O. The summed E-state index contributed by atoms with van der Waals surface area (Å²) in [4.78, 5) is 36.1. The fourth-order valence-corrected chi connectivity index (χ4v) is 1.22. The molecule has 0 aliphatic carbocycles. The number of hydrogen-bond acceptors (Lipinski definition) is 3. The van der Waals surface area contributed by atoms with Crippen molar-refractivity contribution in [1.82, 2.24) is 9.55 Å². The van der Waals surface area contributed by atoms with Crippen molar-refractivity contribution in [3.63, 3.8) is 0 Å². The van der Waals surface area contributed by atoms with Crippen LogP contribution in [0.5, 0.6) is 0 Å². The van der Waals surface area contributed by atoms with Crippen LogP contribution in [0.25, 0.3) is 0 Å². The normalized spacial score (nSPS) is 10.6. The van der Waals surface area contributed by atoms with Gasteiger partial charge in [-0.1, -0.05) is 13.8 Å². The second kappa shape index (κ2) is 4.12. The van der Waals surface area contributed by atoms with Crippen LogP contribution in [-0.2, 0) is 6.54 Å². The van der Waals surface area contributed by atoms with Gasteiger partial charge >= 0.3 is 5.69 Å². The second-order valence-electron chi connectivity index (χ2n) is 3.68. The lowest BCUT2D eigenvalue weighted by atomic mass is 10.2. The van der Waals surface area contributed by atoms with Gasteiger partial charge in [-0.2, -0.15) is 0 Å². The monoisotopic (exact) mass is 211 g/mol. The van der Waals surface area contributed by atoms with E-state index in [9.17, 15) is 14.4 Å². The molecular formula is C9H13N3O3. The quantitative estimate of drug-likeness (QED) is 0.691. The Morgan fingerprint density at radius 2 is 2.13 bits per heavy atom. The number of aromatic nitrogens is 2. The Kier molecular flexibility index (Phi) is 3.08. The van der Waals surface area contributed by atoms with E-state index in [1.54, 1.807) is 0 Å². The van der Waals surface area contributed by atoms with Gasteiger partial charge in [0.2, 0.25) is 0 Å². The topological polar surface area (TPSA) is 97.9 Å². The Labute approximate surface area is 85.7 Å². The summed E-state index contributed by atoms with van der Waals surface area (Å²) < 4.78 is 0.977. The van der Waals surface area contributed by atoms with Gasteiger partial charge in [0.15, 0.2) is 0 Å². The van der Waals surface area contributed by atoms with E-state index in [1.165, 1.54) is 0 Å². The van der Waals surface area contributed by atoms with Crippen LogP contribution in [0.1, 0.15) is 24.2 Å². The number of H-pyrrole nitrogens is 1. The minimum Gasteiger partial charge on any atom is -0.365 e. The van der Waals surface area contributed by atoms with Crippen LogP contribution in [0.3, 0.4) is 0 Å². The standard InChI is InChI=1S/C9H13N3O3/c1-5(2)4-12-8(14)6(7(10)13)3-11-9(12)15/h3,5H,4H2,1-2H3,(H2,10,13)(H,11,15). The molecule has 0 atom stereocenters. The van der Waals surface area contributed by atoms with Crippen LogP contribution < -0.4 is 17.0 Å². The molecule has 1 aromatic rings. The minimum atomic E-state index is -0.839. The van der Waals surface area contributed by atoms with Crippen molar-refractivity contribution in [3.8, 4) is 0 Å². The lowest BCUT2D eigenvalue weighted by molar-refractivity contribution is 0.0997. The van der Waals surface area contributed by atoms with Crippen LogP contribution in [0.4, 0.5) is 0 Å². The van der Waals surface area contributed by atoms with Crippen LogP contribution in [0.2, 0.25) is 0 Å². The summed E-state index contributed by atoms with van der Waals surface area (Å²) in [7, 11) is 0. The Bertz CT molecular complexity index is 484. The summed E-state index contributed by atoms with van der Waals surface area (Å²) in [6.45, 7) is 3.99. The van der Waals surface area contributed by atoms with Crippen LogP contribution in [-0.4, -0.2) is 15.5 Å². The molecule has 1 aromatic heterocycles. The lowest BCUT2D eigenvalue weighted by Gasteiger charge is -2.07. The molecule has 1 heterocycles. The predicted octanol–water partition coefficient (Wildman–Crippen LogP) is -0.708. The van der Waals surface area contributed by atoms with Crippen molar-refractivity contribution >= 4 is 5.91 Å². The third-order valence-electron chi connectivity index (χ3n) is 1.87. The van der Waals surface area contributed by atoms with Gasteiger partial charge in [0, 0.05) is 12.7 Å². The maximum atomic E-state index is 11.6. The Balaban J connectivity index is 3.37. The molecule has 0 aliphatic rings. The molecule has 0 aliphatic heterocycles. The number of nitrogens with one attached hydrogen (secondary N) is 1. The van der Waals surface area contributed by atoms with Crippen LogP contribution >= 0.6 is 0 Å². The number of rotatable bonds is 3. The third-order valence-corrected chi connectivity index (χ3v) is 1.87. The van der Waals surface area contributed by atoms with Crippen molar-refractivity contribution in [2.24, 2.45) is 11.7 Å². The Hall–Kier alpha value is -1.85. The largest absolute Gasteiger partial charge is 0.365 e. The van der Waals surface area contributed by atoms with E-state index in [4.69, 9.17) is 5.73 Å². The predicted molar refractivity (Wildman–Crippen MR) is 54.7 cm³/mol. The van der Waals surface area contributed by atoms with E-state index in [-0.39, 0.29) is 18.0 Å². The molecule has 6 nitrogen and oxygen atoms in total. The number of primary amides is 1. The Morgan fingerprint density at radius 1 is 1.53 bits per heavy atom. The molecule has 15 heavy (non-hydrogen) atoms. The van der Waals surface area contributed by atoms with Gasteiger partial charge < -0.3 is 10.7 Å². The average molecular weight is 211 g/mol. The molecule has 0 fully saturated rings. The molecule has 6 heteroatoms. The number of carbonyl (C=O) groups is 1. The third kappa shape index (κ3) is 2.34. The fraction of sp³-hybridized carbons (Fsp3) is 0.444. The van der Waals surface area contributed by atoms with E-state index in [0.29, 0.717) is 0 Å². The van der Waals surface area contributed by atoms with E-state index >= 15 is 0 Å². The van der Waals surface area contributed by atoms with Crippen molar-refractivity contribution in [3.05, 3.63) is 32.6 Å². The summed E-state index contributed by atoms with van der Waals surface area (Å²) in [5.74, 6) is -0.708. The average Bonchev–Trinajstić information content (AvgIpc) is 2.11. The van der Waals surface area contributed by atoms with E-state index in [2.05, 4.69) is 4.98 Å². The van der Waals surface area contributed by atoms with Crippen molar-refractivity contribution in [2.45, 2.75) is 20.4 Å². The first-order valence-electron chi connectivity index (χ1n) is 4.55. The molecule has 0 spiro atoms. The van der Waals surface area contributed by atoms with Crippen molar-refractivity contribution in [1.29, 1.82) is 0 Å². The van der Waals surface area contributed by atoms with Gasteiger partial charge in [-0.05, 0) is 5.92 Å². The minimum absolute atomic E-state index is 0.131. The van der Waals surface area contributed by atoms with Gasteiger partial charge in [0.05, 0.1) is 0 Å². The highest BCUT2D eigenvalue weighted by Gasteiger charge is 2.12. The number of amides is 1. The number of nitrogens with zero attached hydrogens (tertiary/aromatic N) is 1. The maximum Gasteiger partial charge on any atom is 0.328 e. The first kappa shape index (κ1) is 11.2. The zero-order chi connectivity index (χ0) is 11.6. The first-order chi connectivity index (χ1) is 6.93. The van der Waals surface area contributed by atoms with Crippen LogP contribution in [0.15, 0.2) is 15.8 Å². The number of aromatic amines is 1. The molecule has 1 amide bonds. The fourth-order valence-electron chi connectivity index (χ4n) is 1.22. The summed E-state index contributed by atoms with van der Waals surface area (Å²) in [5, 5.41) is 0. The van der Waals surface area contributed by atoms with Gasteiger partial charge in [-0.3, -0.25) is 14.2 Å². The zero-order valence-corrected chi connectivity index (χ0v) is 8.61. The number of nitrogens with two attached hydrogens (primary N) is 1. The van der Waals surface area contributed by atoms with Crippen molar-refractivity contribution < 1.29 is 4.79 Å². The molecule has 82 valence electrons. The van der Waals surface area contributed by atoms with E-state index < -0.39 is 17.2 Å². The summed E-state index contributed by atoms with van der Waals surface area (Å²) in [6, 6.07) is 0. The van der Waals surface area contributed by atoms with E-state index in [1.807, 2.05) is 13.8 Å². The molecule has 1 rings (SSSR count).